The lowest BCUT2D eigenvalue weighted by Crippen LogP contribution is -2.35. The number of benzene rings is 2. The van der Waals surface area contributed by atoms with E-state index in [2.05, 4.69) is 20.8 Å². The van der Waals surface area contributed by atoms with Crippen molar-refractivity contribution in [2.75, 3.05) is 26.3 Å². The van der Waals surface area contributed by atoms with E-state index in [4.69, 9.17) is 9.72 Å². The summed E-state index contributed by atoms with van der Waals surface area (Å²) in [6, 6.07) is 9.41. The van der Waals surface area contributed by atoms with Crippen LogP contribution in [0.1, 0.15) is 28.5 Å². The van der Waals surface area contributed by atoms with Crippen LogP contribution in [0.5, 0.6) is 0 Å². The highest BCUT2D eigenvalue weighted by atomic mass is 32.1. The first-order valence-corrected chi connectivity index (χ1v) is 12.6. The van der Waals surface area contributed by atoms with Crippen LogP contribution in [0, 0.1) is 11.6 Å². The monoisotopic (exact) mass is 509 g/mol. The number of ether oxygens (including phenoxy) is 1. The van der Waals surface area contributed by atoms with Gasteiger partial charge in [-0.25, -0.2) is 19.2 Å². The molecule has 1 fully saturated rings. The van der Waals surface area contributed by atoms with Crippen LogP contribution in [0.3, 0.4) is 0 Å². The van der Waals surface area contributed by atoms with Crippen molar-refractivity contribution < 1.29 is 18.3 Å². The molecule has 5 rings (SSSR count). The molecule has 0 spiro atoms. The van der Waals surface area contributed by atoms with Gasteiger partial charge in [0.15, 0.2) is 11.6 Å². The van der Waals surface area contributed by atoms with Gasteiger partial charge in [0.2, 0.25) is 0 Å². The Labute approximate surface area is 211 Å². The first-order chi connectivity index (χ1) is 17.5. The summed E-state index contributed by atoms with van der Waals surface area (Å²) in [7, 11) is 0. The van der Waals surface area contributed by atoms with Gasteiger partial charge in [-0.2, -0.15) is 5.10 Å². The molecule has 1 saturated heterocycles. The fourth-order valence-corrected chi connectivity index (χ4v) is 5.00. The van der Waals surface area contributed by atoms with Gasteiger partial charge in [-0.15, -0.1) is 11.3 Å². The number of nitrogens with zero attached hydrogens (tertiary/aromatic N) is 4. The molecule has 7 nitrogen and oxygen atoms in total. The van der Waals surface area contributed by atoms with E-state index in [1.807, 2.05) is 29.7 Å². The molecule has 3 heterocycles. The Kier molecular flexibility index (Phi) is 7.17. The largest absolute Gasteiger partial charge is 0.379 e. The van der Waals surface area contributed by atoms with Gasteiger partial charge in [0.25, 0.3) is 5.91 Å². The number of hydrogen-bond acceptors (Lipinski definition) is 6. The molecule has 0 radical (unpaired) electrons. The summed E-state index contributed by atoms with van der Waals surface area (Å²) in [5, 5.41) is 7.69. The number of morpholine rings is 1. The Morgan fingerprint density at radius 3 is 2.81 bits per heavy atom. The average Bonchev–Trinajstić information content (AvgIpc) is 3.51. The highest BCUT2D eigenvalue weighted by Gasteiger charge is 2.17. The number of hydrogen-bond donors (Lipinski definition) is 1. The van der Waals surface area contributed by atoms with Crippen LogP contribution in [0.25, 0.3) is 21.5 Å². The van der Waals surface area contributed by atoms with E-state index in [-0.39, 0.29) is 0 Å². The van der Waals surface area contributed by atoms with Crippen LogP contribution in [0.4, 0.5) is 8.78 Å². The first kappa shape index (κ1) is 24.2. The molecule has 0 atom stereocenters. The highest BCUT2D eigenvalue weighted by Crippen LogP contribution is 2.30. The number of thiazole rings is 1. The SMILES string of the molecule is CCn1cc(C(=O)N/N=C/c2ccc(F)c(F)c2)c2cc(-c3nc(CN4CCOCC4)cs3)ccc21. The maximum absolute atomic E-state index is 13.4. The van der Waals surface area contributed by atoms with Gasteiger partial charge < -0.3 is 9.30 Å². The molecule has 1 aliphatic heterocycles. The van der Waals surface area contributed by atoms with E-state index in [1.54, 1.807) is 17.5 Å². The summed E-state index contributed by atoms with van der Waals surface area (Å²) in [5.74, 6) is -2.30. The number of carbonyl (C=O) groups excluding carboxylic acids is 1. The first-order valence-electron chi connectivity index (χ1n) is 11.7. The van der Waals surface area contributed by atoms with Gasteiger partial charge in [-0.3, -0.25) is 9.69 Å². The average molecular weight is 510 g/mol. The number of aromatic nitrogens is 2. The van der Waals surface area contributed by atoms with Crippen LogP contribution in [-0.2, 0) is 17.8 Å². The third-order valence-corrected chi connectivity index (χ3v) is 7.02. The minimum atomic E-state index is -0.973. The molecule has 0 aliphatic carbocycles. The second-order valence-electron chi connectivity index (χ2n) is 8.47. The molecule has 0 bridgehead atoms. The zero-order chi connectivity index (χ0) is 25.1. The Balaban J connectivity index is 1.37. The van der Waals surface area contributed by atoms with Gasteiger partial charge in [-0.05, 0) is 42.8 Å². The molecule has 1 N–H and O–H groups in total. The molecule has 186 valence electrons. The summed E-state index contributed by atoms with van der Waals surface area (Å²) in [6.07, 6.45) is 3.07. The fourth-order valence-electron chi connectivity index (χ4n) is 4.19. The van der Waals surface area contributed by atoms with Crippen molar-refractivity contribution in [3.05, 3.63) is 76.4 Å². The summed E-state index contributed by atoms with van der Waals surface area (Å²) < 4.78 is 33.9. The van der Waals surface area contributed by atoms with Crippen LogP contribution < -0.4 is 5.43 Å². The number of nitrogens with one attached hydrogen (secondary N) is 1. The van der Waals surface area contributed by atoms with Gasteiger partial charge in [0.1, 0.15) is 5.01 Å². The maximum atomic E-state index is 13.4. The number of aryl methyl sites for hydroxylation is 1. The predicted molar refractivity (Wildman–Crippen MR) is 136 cm³/mol. The Morgan fingerprint density at radius 1 is 1.19 bits per heavy atom. The Morgan fingerprint density at radius 2 is 2.03 bits per heavy atom. The fraction of sp³-hybridized carbons (Fsp3) is 0.269. The van der Waals surface area contributed by atoms with E-state index in [0.29, 0.717) is 17.7 Å². The molecule has 4 aromatic rings. The van der Waals surface area contributed by atoms with E-state index < -0.39 is 17.5 Å². The van der Waals surface area contributed by atoms with Crippen LogP contribution in [0.15, 0.2) is 53.1 Å². The van der Waals surface area contributed by atoms with Gasteiger partial charge in [0, 0.05) is 54.2 Å². The molecule has 1 amide bonds. The number of halogens is 2. The minimum absolute atomic E-state index is 0.337. The zero-order valence-electron chi connectivity index (χ0n) is 19.7. The van der Waals surface area contributed by atoms with Crippen molar-refractivity contribution in [2.45, 2.75) is 20.0 Å². The Hall–Kier alpha value is -3.47. The van der Waals surface area contributed by atoms with Crippen molar-refractivity contribution in [3.63, 3.8) is 0 Å². The molecule has 36 heavy (non-hydrogen) atoms. The molecule has 2 aromatic heterocycles. The predicted octanol–water partition coefficient (Wildman–Crippen LogP) is 4.66. The molecule has 2 aromatic carbocycles. The van der Waals surface area contributed by atoms with Gasteiger partial charge in [0.05, 0.1) is 30.7 Å². The van der Waals surface area contributed by atoms with E-state index in [9.17, 15) is 13.6 Å². The molecule has 10 heteroatoms. The lowest BCUT2D eigenvalue weighted by Gasteiger charge is -2.25. The third-order valence-electron chi connectivity index (χ3n) is 6.08. The lowest BCUT2D eigenvalue weighted by atomic mass is 10.1. The van der Waals surface area contributed by atoms with E-state index in [0.717, 1.165) is 72.1 Å². The van der Waals surface area contributed by atoms with Crippen LogP contribution >= 0.6 is 11.3 Å². The molecule has 0 saturated carbocycles. The van der Waals surface area contributed by atoms with Gasteiger partial charge in [-0.1, -0.05) is 6.07 Å². The van der Waals surface area contributed by atoms with Crippen LogP contribution in [-0.4, -0.2) is 52.9 Å². The molecular weight excluding hydrogens is 484 g/mol. The normalized spacial score (nSPS) is 14.6. The summed E-state index contributed by atoms with van der Waals surface area (Å²) in [6.45, 7) is 6.80. The highest BCUT2D eigenvalue weighted by molar-refractivity contribution is 7.13. The number of hydrazone groups is 1. The van der Waals surface area contributed by atoms with Gasteiger partial charge >= 0.3 is 0 Å². The minimum Gasteiger partial charge on any atom is -0.379 e. The van der Waals surface area contributed by atoms with Crippen molar-refractivity contribution >= 4 is 34.4 Å². The van der Waals surface area contributed by atoms with Crippen molar-refractivity contribution in [1.29, 1.82) is 0 Å². The van der Waals surface area contributed by atoms with Crippen molar-refractivity contribution in [1.82, 2.24) is 19.9 Å². The van der Waals surface area contributed by atoms with E-state index >= 15 is 0 Å². The quantitative estimate of drug-likeness (QED) is 0.291. The standard InChI is InChI=1S/C26H25F2N5O2S/c1-2-33-15-21(25(34)31-29-13-17-3-5-22(27)23(28)11-17)20-12-18(4-6-24(20)33)26-30-19(16-36-26)14-32-7-9-35-10-8-32/h3-6,11-13,15-16H,2,7-10,14H2,1H3,(H,31,34)/b29-13+. The molecule has 1 aliphatic rings. The molecular formula is C26H25F2N5O2S. The van der Waals surface area contributed by atoms with Crippen molar-refractivity contribution in [2.24, 2.45) is 5.10 Å². The zero-order valence-corrected chi connectivity index (χ0v) is 20.5. The summed E-state index contributed by atoms with van der Waals surface area (Å²) in [5.41, 5.74) is 6.19. The summed E-state index contributed by atoms with van der Waals surface area (Å²) >= 11 is 1.58. The number of amides is 1. The topological polar surface area (TPSA) is 71.8 Å². The third kappa shape index (κ3) is 5.20. The maximum Gasteiger partial charge on any atom is 0.273 e. The number of rotatable bonds is 7. The molecule has 0 unspecified atom stereocenters. The second-order valence-corrected chi connectivity index (χ2v) is 9.32. The smallest absolute Gasteiger partial charge is 0.273 e. The lowest BCUT2D eigenvalue weighted by molar-refractivity contribution is 0.0337. The van der Waals surface area contributed by atoms with E-state index in [1.165, 1.54) is 12.3 Å². The number of fused-ring (bicyclic) bond motifs is 1. The summed E-state index contributed by atoms with van der Waals surface area (Å²) in [4.78, 5) is 20.1. The Bertz CT molecular complexity index is 1430. The van der Waals surface area contributed by atoms with Crippen LogP contribution in [0.2, 0.25) is 0 Å². The number of carbonyl (C=O) groups is 1. The second kappa shape index (κ2) is 10.7. The van der Waals surface area contributed by atoms with Crippen molar-refractivity contribution in [3.8, 4) is 10.6 Å².